The second-order valence-electron chi connectivity index (χ2n) is 6.00. The van der Waals surface area contributed by atoms with Crippen molar-refractivity contribution in [2.24, 2.45) is 5.73 Å². The Hall–Kier alpha value is -2.07. The number of nitrogens with one attached hydrogen (secondary N) is 1. The van der Waals surface area contributed by atoms with Crippen molar-refractivity contribution in [1.82, 2.24) is 5.32 Å². The van der Waals surface area contributed by atoms with Gasteiger partial charge in [0.2, 0.25) is 12.5 Å². The Bertz CT molecular complexity index is 694. The van der Waals surface area contributed by atoms with Crippen molar-refractivity contribution < 1.29 is 34.7 Å². The average molecular weight is 324 g/mol. The molecule has 9 heteroatoms. The zero-order valence-electron chi connectivity index (χ0n) is 11.8. The van der Waals surface area contributed by atoms with Crippen LogP contribution < -0.4 is 20.5 Å². The Balaban J connectivity index is 1.91. The van der Waals surface area contributed by atoms with E-state index in [4.69, 9.17) is 15.2 Å². The molecule has 2 heterocycles. The third kappa shape index (κ3) is 1.78. The summed E-state index contributed by atoms with van der Waals surface area (Å²) in [5.41, 5.74) is 6.33. The molecule has 4 rings (SSSR count). The zero-order valence-corrected chi connectivity index (χ0v) is 11.8. The van der Waals surface area contributed by atoms with E-state index in [2.05, 4.69) is 5.32 Å². The van der Waals surface area contributed by atoms with Gasteiger partial charge in [0.05, 0.1) is 17.7 Å². The number of aromatic hydroxyl groups is 1. The van der Waals surface area contributed by atoms with E-state index in [-0.39, 0.29) is 29.6 Å². The lowest BCUT2D eigenvalue weighted by molar-refractivity contribution is -0.113. The van der Waals surface area contributed by atoms with E-state index >= 15 is 0 Å². The highest BCUT2D eigenvalue weighted by Gasteiger charge is 2.53. The monoisotopic (exact) mass is 324 g/mol. The van der Waals surface area contributed by atoms with Gasteiger partial charge in [-0.15, -0.1) is 0 Å². The molecule has 6 atom stereocenters. The minimum Gasteiger partial charge on any atom is -0.504 e. The van der Waals surface area contributed by atoms with Crippen LogP contribution in [0.15, 0.2) is 6.07 Å². The summed E-state index contributed by atoms with van der Waals surface area (Å²) in [5.74, 6) is -1.35. The lowest BCUT2D eigenvalue weighted by Crippen LogP contribution is -2.68. The van der Waals surface area contributed by atoms with Gasteiger partial charge in [-0.05, 0) is 11.6 Å². The molecule has 1 amide bonds. The van der Waals surface area contributed by atoms with Crippen molar-refractivity contribution in [3.05, 3.63) is 17.2 Å². The van der Waals surface area contributed by atoms with Gasteiger partial charge in [-0.3, -0.25) is 4.79 Å². The van der Waals surface area contributed by atoms with Crippen LogP contribution in [0.2, 0.25) is 0 Å². The van der Waals surface area contributed by atoms with Gasteiger partial charge in [0.1, 0.15) is 12.2 Å². The average Bonchev–Trinajstić information content (AvgIpc) is 2.99. The highest BCUT2D eigenvalue weighted by molar-refractivity contribution is 6.01. The van der Waals surface area contributed by atoms with Crippen molar-refractivity contribution in [1.29, 1.82) is 0 Å². The molecule has 0 unspecified atom stereocenters. The van der Waals surface area contributed by atoms with Gasteiger partial charge in [0.25, 0.3) is 5.91 Å². The predicted molar refractivity (Wildman–Crippen MR) is 74.2 cm³/mol. The SMILES string of the molecule is N[C@H]1[C@H](O)[C@@H](O)[C@@H](O)[C@@H]2NC(=O)c3c(cc4c(c3O)OCO4)[C@@H]12. The van der Waals surface area contributed by atoms with E-state index in [1.807, 2.05) is 0 Å². The third-order valence-electron chi connectivity index (χ3n) is 4.82. The minimum atomic E-state index is -1.48. The summed E-state index contributed by atoms with van der Waals surface area (Å²) in [4.78, 5) is 12.3. The number of nitrogens with two attached hydrogens (primary N) is 1. The third-order valence-corrected chi connectivity index (χ3v) is 4.82. The van der Waals surface area contributed by atoms with E-state index < -0.39 is 42.2 Å². The first-order chi connectivity index (χ1) is 10.9. The summed E-state index contributed by atoms with van der Waals surface area (Å²) in [6.07, 6.45) is -4.24. The smallest absolute Gasteiger partial charge is 0.255 e. The molecule has 1 fully saturated rings. The number of phenolic OH excluding ortho intramolecular Hbond substituents is 1. The Kier molecular flexibility index (Phi) is 2.97. The molecule has 1 saturated carbocycles. The Labute approximate surface area is 130 Å². The molecular weight excluding hydrogens is 308 g/mol. The Morgan fingerprint density at radius 3 is 2.65 bits per heavy atom. The van der Waals surface area contributed by atoms with Crippen LogP contribution >= 0.6 is 0 Å². The van der Waals surface area contributed by atoms with Crippen molar-refractivity contribution >= 4 is 5.91 Å². The number of phenols is 1. The van der Waals surface area contributed by atoms with Gasteiger partial charge >= 0.3 is 0 Å². The van der Waals surface area contributed by atoms with Crippen molar-refractivity contribution in [2.45, 2.75) is 36.3 Å². The fraction of sp³-hybridized carbons (Fsp3) is 0.500. The van der Waals surface area contributed by atoms with E-state index in [9.17, 15) is 25.2 Å². The Morgan fingerprint density at radius 2 is 1.91 bits per heavy atom. The van der Waals surface area contributed by atoms with Crippen molar-refractivity contribution in [2.75, 3.05) is 6.79 Å². The Morgan fingerprint density at radius 1 is 1.17 bits per heavy atom. The van der Waals surface area contributed by atoms with Gasteiger partial charge in [-0.1, -0.05) is 0 Å². The zero-order chi connectivity index (χ0) is 16.5. The summed E-state index contributed by atoms with van der Waals surface area (Å²) in [6, 6.07) is -0.314. The van der Waals surface area contributed by atoms with Crippen LogP contribution in [0.4, 0.5) is 0 Å². The number of fused-ring (bicyclic) bond motifs is 4. The lowest BCUT2D eigenvalue weighted by Gasteiger charge is -2.47. The fourth-order valence-electron chi connectivity index (χ4n) is 3.65. The van der Waals surface area contributed by atoms with Crippen molar-refractivity contribution in [3.63, 3.8) is 0 Å². The number of carbonyl (C=O) groups is 1. The summed E-state index contributed by atoms with van der Waals surface area (Å²) in [6.45, 7) is -0.0858. The number of ether oxygens (including phenoxy) is 2. The van der Waals surface area contributed by atoms with Gasteiger partial charge in [-0.2, -0.15) is 0 Å². The van der Waals surface area contributed by atoms with Crippen LogP contribution in [0.5, 0.6) is 17.2 Å². The van der Waals surface area contributed by atoms with Gasteiger partial charge < -0.3 is 41.0 Å². The van der Waals surface area contributed by atoms with Crippen LogP contribution in [0.1, 0.15) is 21.8 Å². The maximum Gasteiger partial charge on any atom is 0.255 e. The largest absolute Gasteiger partial charge is 0.504 e. The molecule has 3 aliphatic rings. The maximum atomic E-state index is 12.3. The topological polar surface area (TPSA) is 154 Å². The molecule has 0 spiro atoms. The number of carbonyl (C=O) groups excluding carboxylic acids is 1. The first-order valence-electron chi connectivity index (χ1n) is 7.18. The second kappa shape index (κ2) is 4.71. The van der Waals surface area contributed by atoms with Crippen LogP contribution in [-0.2, 0) is 0 Å². The molecule has 23 heavy (non-hydrogen) atoms. The van der Waals surface area contributed by atoms with Gasteiger partial charge in [-0.25, -0.2) is 0 Å². The molecule has 7 N–H and O–H groups in total. The number of benzene rings is 1. The van der Waals surface area contributed by atoms with Crippen LogP contribution in [0.25, 0.3) is 0 Å². The number of amides is 1. The van der Waals surface area contributed by atoms with Crippen molar-refractivity contribution in [3.8, 4) is 17.2 Å². The summed E-state index contributed by atoms with van der Waals surface area (Å²) >= 11 is 0. The second-order valence-corrected chi connectivity index (χ2v) is 6.00. The van der Waals surface area contributed by atoms with Gasteiger partial charge in [0, 0.05) is 12.0 Å². The van der Waals surface area contributed by atoms with E-state index in [0.717, 1.165) is 0 Å². The summed E-state index contributed by atoms with van der Waals surface area (Å²) < 4.78 is 10.4. The lowest BCUT2D eigenvalue weighted by atomic mass is 9.69. The number of hydrogen-bond acceptors (Lipinski definition) is 8. The molecule has 0 saturated heterocycles. The first-order valence-corrected chi connectivity index (χ1v) is 7.18. The molecule has 0 radical (unpaired) electrons. The molecule has 1 aromatic carbocycles. The summed E-state index contributed by atoms with van der Waals surface area (Å²) in [7, 11) is 0. The van der Waals surface area contributed by atoms with Crippen LogP contribution in [0.3, 0.4) is 0 Å². The quantitative estimate of drug-likeness (QED) is 0.312. The highest BCUT2D eigenvalue weighted by atomic mass is 16.7. The van der Waals surface area contributed by atoms with E-state index in [1.54, 1.807) is 0 Å². The molecule has 1 aromatic rings. The first kappa shape index (κ1) is 14.5. The molecule has 9 nitrogen and oxygen atoms in total. The molecule has 1 aliphatic carbocycles. The minimum absolute atomic E-state index is 0.0262. The predicted octanol–water partition coefficient (Wildman–Crippen LogP) is -2.26. The number of aliphatic hydroxyl groups excluding tert-OH is 3. The van der Waals surface area contributed by atoms with E-state index in [1.165, 1.54) is 6.07 Å². The standard InChI is InChI=1S/C14H16N2O7/c15-7-5-3-1-4-13(23-2-22-4)9(17)6(3)14(21)16-8(5)11(19)12(20)10(7)18/h1,5,7-8,10-12,17-20H,2,15H2,(H,16,21)/t5-,7+,8+,10-,11-,12+/m0/s1. The molecular formula is C14H16N2O7. The molecule has 2 aliphatic heterocycles. The maximum absolute atomic E-state index is 12.3. The number of aliphatic hydroxyl groups is 3. The molecule has 124 valence electrons. The normalized spacial score (nSPS) is 37.8. The molecule has 0 aromatic heterocycles. The summed E-state index contributed by atoms with van der Waals surface area (Å²) in [5, 5.41) is 42.9. The number of hydrogen-bond donors (Lipinski definition) is 6. The van der Waals surface area contributed by atoms with Crippen LogP contribution in [-0.4, -0.2) is 63.5 Å². The van der Waals surface area contributed by atoms with Crippen LogP contribution in [0, 0.1) is 0 Å². The van der Waals surface area contributed by atoms with E-state index in [0.29, 0.717) is 5.56 Å². The fourth-order valence-corrected chi connectivity index (χ4v) is 3.65. The van der Waals surface area contributed by atoms with Gasteiger partial charge in [0.15, 0.2) is 11.5 Å². The number of rotatable bonds is 0. The molecule has 0 bridgehead atoms. The highest BCUT2D eigenvalue weighted by Crippen LogP contribution is 2.49.